The Morgan fingerprint density at radius 2 is 2.08 bits per heavy atom. The zero-order valence-corrected chi connectivity index (χ0v) is 13.8. The van der Waals surface area contributed by atoms with Gasteiger partial charge in [0.25, 0.3) is 0 Å². The molecular formula is C18H23N3O3. The number of carbonyl (C=O) groups is 2. The number of rotatable bonds is 5. The molecule has 1 aliphatic carbocycles. The Hall–Kier alpha value is -2.37. The largest absolute Gasteiger partial charge is 0.481 e. The van der Waals surface area contributed by atoms with Crippen molar-refractivity contribution in [2.24, 2.45) is 11.3 Å². The third-order valence-electron chi connectivity index (χ3n) is 5.24. The smallest absolute Gasteiger partial charge is 0.304 e. The molecule has 0 spiro atoms. The number of hydrogen-bond acceptors (Lipinski definition) is 3. The van der Waals surface area contributed by atoms with Crippen LogP contribution in [0.15, 0.2) is 24.4 Å². The van der Waals surface area contributed by atoms with Crippen molar-refractivity contribution in [1.29, 1.82) is 0 Å². The van der Waals surface area contributed by atoms with E-state index in [0.29, 0.717) is 5.69 Å². The fourth-order valence-corrected chi connectivity index (χ4v) is 3.75. The zero-order chi connectivity index (χ0) is 17.2. The van der Waals surface area contributed by atoms with Crippen LogP contribution in [0.5, 0.6) is 0 Å². The van der Waals surface area contributed by atoms with Gasteiger partial charge in [0.2, 0.25) is 5.91 Å². The predicted molar refractivity (Wildman–Crippen MR) is 91.7 cm³/mol. The molecule has 0 unspecified atom stereocenters. The number of anilines is 1. The molecule has 0 radical (unpaired) electrons. The van der Waals surface area contributed by atoms with Crippen LogP contribution in [0.2, 0.25) is 0 Å². The molecule has 0 bridgehead atoms. The van der Waals surface area contributed by atoms with Crippen LogP contribution in [-0.4, -0.2) is 27.2 Å². The first-order valence-corrected chi connectivity index (χ1v) is 8.45. The molecule has 1 atom stereocenters. The van der Waals surface area contributed by atoms with Gasteiger partial charge in [0.15, 0.2) is 0 Å². The highest BCUT2D eigenvalue weighted by Crippen LogP contribution is 2.42. The lowest BCUT2D eigenvalue weighted by molar-refractivity contribution is -0.145. The van der Waals surface area contributed by atoms with Gasteiger partial charge in [0, 0.05) is 11.1 Å². The molecule has 3 rings (SSSR count). The lowest BCUT2D eigenvalue weighted by atomic mass is 9.67. The molecule has 24 heavy (non-hydrogen) atoms. The van der Waals surface area contributed by atoms with E-state index in [0.717, 1.165) is 43.0 Å². The normalized spacial score (nSPS) is 18.2. The number of hydrogen-bond donors (Lipinski definition) is 3. The zero-order valence-electron chi connectivity index (χ0n) is 13.8. The molecule has 1 aromatic heterocycles. The fourth-order valence-electron chi connectivity index (χ4n) is 3.75. The summed E-state index contributed by atoms with van der Waals surface area (Å²) in [7, 11) is 0. The molecule has 3 N–H and O–H groups in total. The number of amides is 1. The summed E-state index contributed by atoms with van der Waals surface area (Å²) in [5, 5.41) is 20.0. The molecule has 1 amide bonds. The summed E-state index contributed by atoms with van der Waals surface area (Å²) in [6.07, 6.45) is 6.69. The molecule has 6 heteroatoms. The second-order valence-electron chi connectivity index (χ2n) is 6.95. The van der Waals surface area contributed by atoms with Crippen LogP contribution in [0.3, 0.4) is 0 Å². The number of aromatic amines is 1. The van der Waals surface area contributed by atoms with E-state index in [1.54, 1.807) is 13.1 Å². The minimum Gasteiger partial charge on any atom is -0.481 e. The van der Waals surface area contributed by atoms with Crippen molar-refractivity contribution < 1.29 is 14.7 Å². The Bertz CT molecular complexity index is 749. The van der Waals surface area contributed by atoms with E-state index in [1.807, 2.05) is 18.2 Å². The van der Waals surface area contributed by atoms with Crippen LogP contribution in [0.4, 0.5) is 5.69 Å². The lowest BCUT2D eigenvalue weighted by Crippen LogP contribution is -2.42. The van der Waals surface area contributed by atoms with Crippen LogP contribution < -0.4 is 5.32 Å². The maximum Gasteiger partial charge on any atom is 0.304 e. The van der Waals surface area contributed by atoms with Crippen molar-refractivity contribution in [3.05, 3.63) is 24.4 Å². The standard InChI is InChI=1S/C18H23N3O3/c1-18(10-16(22)23,13-5-3-2-4-6-13)17(24)20-14-8-7-12-11-19-21-15(12)9-14/h7-9,11,13H,2-6,10H2,1H3,(H,19,21)(H,20,24)(H,22,23)/t18-/m0/s1. The van der Waals surface area contributed by atoms with E-state index < -0.39 is 11.4 Å². The van der Waals surface area contributed by atoms with E-state index in [4.69, 9.17) is 0 Å². The van der Waals surface area contributed by atoms with E-state index in [2.05, 4.69) is 15.5 Å². The molecule has 128 valence electrons. The molecule has 1 heterocycles. The third-order valence-corrected chi connectivity index (χ3v) is 5.24. The monoisotopic (exact) mass is 329 g/mol. The van der Waals surface area contributed by atoms with Gasteiger partial charge in [0.05, 0.1) is 23.5 Å². The first-order valence-electron chi connectivity index (χ1n) is 8.45. The third kappa shape index (κ3) is 3.27. The van der Waals surface area contributed by atoms with Gasteiger partial charge in [-0.15, -0.1) is 0 Å². The molecule has 1 aliphatic rings. The Morgan fingerprint density at radius 3 is 2.79 bits per heavy atom. The predicted octanol–water partition coefficient (Wildman–Crippen LogP) is 3.56. The van der Waals surface area contributed by atoms with Gasteiger partial charge in [-0.1, -0.05) is 19.3 Å². The summed E-state index contributed by atoms with van der Waals surface area (Å²) in [5.41, 5.74) is 0.601. The van der Waals surface area contributed by atoms with Gasteiger partial charge < -0.3 is 10.4 Å². The summed E-state index contributed by atoms with van der Waals surface area (Å²) >= 11 is 0. The first kappa shape index (κ1) is 16.5. The van der Waals surface area contributed by atoms with Crippen LogP contribution in [0.25, 0.3) is 10.9 Å². The minimum absolute atomic E-state index is 0.109. The van der Waals surface area contributed by atoms with E-state index >= 15 is 0 Å². The van der Waals surface area contributed by atoms with E-state index in [9.17, 15) is 14.7 Å². The average Bonchev–Trinajstić information content (AvgIpc) is 3.02. The number of benzene rings is 1. The number of aliphatic carboxylic acids is 1. The van der Waals surface area contributed by atoms with Gasteiger partial charge >= 0.3 is 5.97 Å². The highest BCUT2D eigenvalue weighted by atomic mass is 16.4. The van der Waals surface area contributed by atoms with Crippen molar-refractivity contribution in [3.8, 4) is 0 Å². The number of carbonyl (C=O) groups excluding carboxylic acids is 1. The molecule has 1 aromatic carbocycles. The van der Waals surface area contributed by atoms with Crippen LogP contribution in [-0.2, 0) is 9.59 Å². The topological polar surface area (TPSA) is 95.1 Å². The van der Waals surface area contributed by atoms with Crippen molar-refractivity contribution in [2.75, 3.05) is 5.32 Å². The van der Waals surface area contributed by atoms with Gasteiger partial charge in [-0.3, -0.25) is 14.7 Å². The summed E-state index contributed by atoms with van der Waals surface area (Å²) in [4.78, 5) is 24.3. The van der Waals surface area contributed by atoms with Crippen molar-refractivity contribution in [2.45, 2.75) is 45.4 Å². The molecule has 6 nitrogen and oxygen atoms in total. The van der Waals surface area contributed by atoms with Crippen LogP contribution >= 0.6 is 0 Å². The molecule has 1 saturated carbocycles. The number of fused-ring (bicyclic) bond motifs is 1. The second kappa shape index (κ2) is 6.63. The number of aromatic nitrogens is 2. The Kier molecular flexibility index (Phi) is 4.55. The van der Waals surface area contributed by atoms with E-state index in [-0.39, 0.29) is 18.2 Å². The maximum atomic E-state index is 12.9. The maximum absolute atomic E-state index is 12.9. The summed E-state index contributed by atoms with van der Waals surface area (Å²) in [5.74, 6) is -1.03. The fraction of sp³-hybridized carbons (Fsp3) is 0.500. The van der Waals surface area contributed by atoms with Crippen molar-refractivity contribution in [1.82, 2.24) is 10.2 Å². The quantitative estimate of drug-likeness (QED) is 0.781. The molecular weight excluding hydrogens is 306 g/mol. The molecule has 0 saturated heterocycles. The van der Waals surface area contributed by atoms with Gasteiger partial charge in [-0.2, -0.15) is 5.10 Å². The van der Waals surface area contributed by atoms with Crippen molar-refractivity contribution >= 4 is 28.5 Å². The average molecular weight is 329 g/mol. The number of nitrogens with zero attached hydrogens (tertiary/aromatic N) is 1. The van der Waals surface area contributed by atoms with Gasteiger partial charge in [0.1, 0.15) is 0 Å². The summed E-state index contributed by atoms with van der Waals surface area (Å²) < 4.78 is 0. The van der Waals surface area contributed by atoms with Crippen LogP contribution in [0, 0.1) is 11.3 Å². The number of carboxylic acids is 1. The van der Waals surface area contributed by atoms with Crippen molar-refractivity contribution in [3.63, 3.8) is 0 Å². The minimum atomic E-state index is -0.928. The number of nitrogens with one attached hydrogen (secondary N) is 2. The molecule has 1 fully saturated rings. The number of H-pyrrole nitrogens is 1. The first-order chi connectivity index (χ1) is 11.5. The molecule has 2 aromatic rings. The highest BCUT2D eigenvalue weighted by molar-refractivity contribution is 5.98. The Morgan fingerprint density at radius 1 is 1.33 bits per heavy atom. The summed E-state index contributed by atoms with van der Waals surface area (Å²) in [6, 6.07) is 5.52. The highest BCUT2D eigenvalue weighted by Gasteiger charge is 2.43. The van der Waals surface area contributed by atoms with Gasteiger partial charge in [-0.25, -0.2) is 0 Å². The summed E-state index contributed by atoms with van der Waals surface area (Å²) in [6.45, 7) is 1.79. The SMILES string of the molecule is C[C@@](CC(=O)O)(C(=O)Nc1ccc2cn[nH]c2c1)C1CCCCC1. The second-order valence-corrected chi connectivity index (χ2v) is 6.95. The van der Waals surface area contributed by atoms with E-state index in [1.165, 1.54) is 0 Å². The Labute approximate surface area is 140 Å². The van der Waals surface area contributed by atoms with Gasteiger partial charge in [-0.05, 0) is 43.9 Å². The van der Waals surface area contributed by atoms with Crippen LogP contribution in [0.1, 0.15) is 45.4 Å². The Balaban J connectivity index is 1.82. The number of carboxylic acid groups (broad SMARTS) is 1. The molecule has 0 aliphatic heterocycles. The lowest BCUT2D eigenvalue weighted by Gasteiger charge is -2.37.